The lowest BCUT2D eigenvalue weighted by Crippen LogP contribution is -2.34. The summed E-state index contributed by atoms with van der Waals surface area (Å²) in [5.74, 6) is 0.914. The molecule has 0 N–H and O–H groups in total. The Hall–Kier alpha value is -1.85. The third-order valence-electron chi connectivity index (χ3n) is 3.92. The minimum absolute atomic E-state index is 0.188. The zero-order chi connectivity index (χ0) is 15.2. The maximum atomic E-state index is 5.96. The first-order chi connectivity index (χ1) is 10.8. The van der Waals surface area contributed by atoms with E-state index in [0.29, 0.717) is 0 Å². The third kappa shape index (κ3) is 4.08. The first-order valence-corrected chi connectivity index (χ1v) is 7.78. The van der Waals surface area contributed by atoms with Gasteiger partial charge >= 0.3 is 0 Å². The van der Waals surface area contributed by atoms with E-state index in [1.165, 1.54) is 5.56 Å². The van der Waals surface area contributed by atoms with E-state index in [1.807, 2.05) is 35.3 Å². The highest BCUT2D eigenvalue weighted by atomic mass is 16.5. The molecule has 118 valence electrons. The SMILES string of the molecule is COc1cccc(CN2CCCOC(Cn3cccn3)C2)c1. The Morgan fingerprint density at radius 3 is 3.14 bits per heavy atom. The zero-order valence-electron chi connectivity index (χ0n) is 13.0. The van der Waals surface area contributed by atoms with E-state index in [-0.39, 0.29) is 6.10 Å². The standard InChI is InChI=1S/C17H23N3O2/c1-21-16-6-2-5-15(11-16)12-19-8-4-10-22-17(13-19)14-20-9-3-7-18-20/h2-3,5-7,9,11,17H,4,8,10,12-14H2,1H3. The van der Waals surface area contributed by atoms with Gasteiger partial charge in [-0.15, -0.1) is 0 Å². The van der Waals surface area contributed by atoms with E-state index in [9.17, 15) is 0 Å². The van der Waals surface area contributed by atoms with Gasteiger partial charge in [0.1, 0.15) is 5.75 Å². The Balaban J connectivity index is 1.62. The highest BCUT2D eigenvalue weighted by molar-refractivity contribution is 5.28. The highest BCUT2D eigenvalue weighted by Crippen LogP contribution is 2.16. The Morgan fingerprint density at radius 1 is 1.36 bits per heavy atom. The van der Waals surface area contributed by atoms with Crippen LogP contribution in [-0.2, 0) is 17.8 Å². The first-order valence-electron chi connectivity index (χ1n) is 7.78. The Bertz CT molecular complexity index is 571. The van der Waals surface area contributed by atoms with Crippen LogP contribution in [0.15, 0.2) is 42.7 Å². The van der Waals surface area contributed by atoms with Gasteiger partial charge in [-0.2, -0.15) is 5.10 Å². The molecule has 5 nitrogen and oxygen atoms in total. The molecule has 2 heterocycles. The van der Waals surface area contributed by atoms with Crippen molar-refractivity contribution < 1.29 is 9.47 Å². The number of rotatable bonds is 5. The molecule has 0 amide bonds. The van der Waals surface area contributed by atoms with Gasteiger partial charge in [0.05, 0.1) is 19.8 Å². The zero-order valence-corrected chi connectivity index (χ0v) is 13.0. The Kier molecular flexibility index (Phi) is 5.08. The van der Waals surface area contributed by atoms with E-state index in [4.69, 9.17) is 9.47 Å². The van der Waals surface area contributed by atoms with Crippen molar-refractivity contribution in [1.82, 2.24) is 14.7 Å². The van der Waals surface area contributed by atoms with Crippen molar-refractivity contribution >= 4 is 0 Å². The van der Waals surface area contributed by atoms with Crippen LogP contribution in [0.1, 0.15) is 12.0 Å². The molecule has 2 aromatic rings. The van der Waals surface area contributed by atoms with Crippen LogP contribution in [0.3, 0.4) is 0 Å². The van der Waals surface area contributed by atoms with E-state index < -0.39 is 0 Å². The Morgan fingerprint density at radius 2 is 2.32 bits per heavy atom. The van der Waals surface area contributed by atoms with E-state index in [1.54, 1.807) is 7.11 Å². The van der Waals surface area contributed by atoms with Crippen LogP contribution in [0.25, 0.3) is 0 Å². The van der Waals surface area contributed by atoms with Gasteiger partial charge in [0, 0.05) is 38.6 Å². The fourth-order valence-electron chi connectivity index (χ4n) is 2.87. The normalized spacial score (nSPS) is 19.8. The molecule has 1 aromatic heterocycles. The van der Waals surface area contributed by atoms with Crippen LogP contribution in [0.4, 0.5) is 0 Å². The van der Waals surface area contributed by atoms with Crippen LogP contribution >= 0.6 is 0 Å². The monoisotopic (exact) mass is 301 g/mol. The molecule has 1 unspecified atom stereocenters. The van der Waals surface area contributed by atoms with Crippen molar-refractivity contribution in [3.05, 3.63) is 48.3 Å². The minimum Gasteiger partial charge on any atom is -0.497 e. The second-order valence-corrected chi connectivity index (χ2v) is 5.66. The summed E-state index contributed by atoms with van der Waals surface area (Å²) in [7, 11) is 1.71. The molecule has 1 saturated heterocycles. The van der Waals surface area contributed by atoms with Gasteiger partial charge in [0.25, 0.3) is 0 Å². The molecule has 3 rings (SSSR count). The van der Waals surface area contributed by atoms with Crippen LogP contribution < -0.4 is 4.74 Å². The van der Waals surface area contributed by atoms with E-state index in [2.05, 4.69) is 22.1 Å². The minimum atomic E-state index is 0.188. The van der Waals surface area contributed by atoms with Gasteiger partial charge in [0.2, 0.25) is 0 Å². The van der Waals surface area contributed by atoms with Crippen molar-refractivity contribution in [2.75, 3.05) is 26.8 Å². The summed E-state index contributed by atoms with van der Waals surface area (Å²) < 4.78 is 13.2. The number of aromatic nitrogens is 2. The van der Waals surface area contributed by atoms with Crippen molar-refractivity contribution in [3.8, 4) is 5.75 Å². The molecular weight excluding hydrogens is 278 g/mol. The molecule has 0 radical (unpaired) electrons. The summed E-state index contributed by atoms with van der Waals surface area (Å²) in [4.78, 5) is 2.45. The maximum absolute atomic E-state index is 5.96. The van der Waals surface area contributed by atoms with Gasteiger partial charge in [-0.05, 0) is 30.2 Å². The Labute approximate surface area is 131 Å². The van der Waals surface area contributed by atoms with Gasteiger partial charge in [-0.3, -0.25) is 9.58 Å². The third-order valence-corrected chi connectivity index (χ3v) is 3.92. The number of nitrogens with zero attached hydrogens (tertiary/aromatic N) is 3. The van der Waals surface area contributed by atoms with Crippen molar-refractivity contribution in [1.29, 1.82) is 0 Å². The highest BCUT2D eigenvalue weighted by Gasteiger charge is 2.19. The molecule has 0 saturated carbocycles. The molecule has 1 aliphatic rings. The van der Waals surface area contributed by atoms with Crippen LogP contribution in [0.5, 0.6) is 5.75 Å². The van der Waals surface area contributed by atoms with Crippen LogP contribution in [0.2, 0.25) is 0 Å². The van der Waals surface area contributed by atoms with E-state index in [0.717, 1.165) is 45.0 Å². The summed E-state index contributed by atoms with van der Waals surface area (Å²) in [6, 6.07) is 10.2. The lowest BCUT2D eigenvalue weighted by Gasteiger charge is -2.24. The lowest BCUT2D eigenvalue weighted by molar-refractivity contribution is 0.0391. The fourth-order valence-corrected chi connectivity index (χ4v) is 2.87. The second kappa shape index (κ2) is 7.42. The first kappa shape index (κ1) is 15.1. The molecule has 0 spiro atoms. The number of ether oxygens (including phenoxy) is 2. The summed E-state index contributed by atoms with van der Waals surface area (Å²) in [6.45, 7) is 4.54. The number of benzene rings is 1. The van der Waals surface area contributed by atoms with Crippen molar-refractivity contribution in [3.63, 3.8) is 0 Å². The van der Waals surface area contributed by atoms with Crippen molar-refractivity contribution in [2.45, 2.75) is 25.6 Å². The average Bonchev–Trinajstić information content (AvgIpc) is 2.94. The second-order valence-electron chi connectivity index (χ2n) is 5.66. The van der Waals surface area contributed by atoms with Gasteiger partial charge in [-0.25, -0.2) is 0 Å². The quantitative estimate of drug-likeness (QED) is 0.848. The summed E-state index contributed by atoms with van der Waals surface area (Å²) in [6.07, 6.45) is 5.05. The van der Waals surface area contributed by atoms with Crippen LogP contribution in [-0.4, -0.2) is 47.6 Å². The maximum Gasteiger partial charge on any atom is 0.119 e. The fraction of sp³-hybridized carbons (Fsp3) is 0.471. The van der Waals surface area contributed by atoms with Crippen LogP contribution in [0, 0.1) is 0 Å². The molecular formula is C17H23N3O2. The van der Waals surface area contributed by atoms with Crippen molar-refractivity contribution in [2.24, 2.45) is 0 Å². The molecule has 1 atom stereocenters. The molecule has 1 fully saturated rings. The summed E-state index contributed by atoms with van der Waals surface area (Å²) in [5.41, 5.74) is 1.28. The largest absolute Gasteiger partial charge is 0.497 e. The number of hydrogen-bond acceptors (Lipinski definition) is 4. The van der Waals surface area contributed by atoms with Gasteiger partial charge in [0.15, 0.2) is 0 Å². The molecule has 5 heteroatoms. The average molecular weight is 301 g/mol. The number of hydrogen-bond donors (Lipinski definition) is 0. The molecule has 1 aliphatic heterocycles. The molecule has 22 heavy (non-hydrogen) atoms. The summed E-state index contributed by atoms with van der Waals surface area (Å²) >= 11 is 0. The predicted molar refractivity (Wildman–Crippen MR) is 84.9 cm³/mol. The molecule has 0 aliphatic carbocycles. The predicted octanol–water partition coefficient (Wildman–Crippen LogP) is 2.18. The topological polar surface area (TPSA) is 39.5 Å². The van der Waals surface area contributed by atoms with Gasteiger partial charge in [-0.1, -0.05) is 12.1 Å². The molecule has 1 aromatic carbocycles. The van der Waals surface area contributed by atoms with E-state index >= 15 is 0 Å². The summed E-state index contributed by atoms with van der Waals surface area (Å²) in [5, 5.41) is 4.27. The molecule has 0 bridgehead atoms. The number of methoxy groups -OCH3 is 1. The smallest absolute Gasteiger partial charge is 0.119 e. The lowest BCUT2D eigenvalue weighted by atomic mass is 10.2. The van der Waals surface area contributed by atoms with Gasteiger partial charge < -0.3 is 9.47 Å².